The number of rotatable bonds is 2. The first kappa shape index (κ1) is 15.2. The van der Waals surface area contributed by atoms with Crippen molar-refractivity contribution in [3.05, 3.63) is 46.8 Å². The van der Waals surface area contributed by atoms with E-state index in [2.05, 4.69) is 22.4 Å². The first-order valence-electron chi connectivity index (χ1n) is 8.78. The van der Waals surface area contributed by atoms with Gasteiger partial charge in [-0.1, -0.05) is 19.1 Å². The van der Waals surface area contributed by atoms with Crippen LogP contribution < -0.4 is 5.32 Å². The number of benzene rings is 1. The van der Waals surface area contributed by atoms with Crippen molar-refractivity contribution in [3.8, 4) is 5.75 Å². The van der Waals surface area contributed by atoms with Crippen LogP contribution in [0.25, 0.3) is 0 Å². The van der Waals surface area contributed by atoms with Gasteiger partial charge in [-0.15, -0.1) is 0 Å². The van der Waals surface area contributed by atoms with Crippen molar-refractivity contribution in [1.82, 2.24) is 15.5 Å². The number of nitrogens with zero attached hydrogens (tertiary/aromatic N) is 1. The van der Waals surface area contributed by atoms with Crippen LogP contribution in [0.15, 0.2) is 24.4 Å². The van der Waals surface area contributed by atoms with E-state index in [4.69, 9.17) is 0 Å². The van der Waals surface area contributed by atoms with Crippen LogP contribution in [-0.4, -0.2) is 21.2 Å². The molecule has 0 saturated heterocycles. The molecule has 2 aromatic rings. The van der Waals surface area contributed by atoms with E-state index in [1.807, 2.05) is 12.1 Å². The first-order valence-corrected chi connectivity index (χ1v) is 8.78. The Morgan fingerprint density at radius 1 is 1.29 bits per heavy atom. The number of nitrogens with one attached hydrogen (secondary N) is 2. The van der Waals surface area contributed by atoms with Gasteiger partial charge in [-0.05, 0) is 55.2 Å². The zero-order valence-electron chi connectivity index (χ0n) is 13.9. The zero-order valence-corrected chi connectivity index (χ0v) is 13.9. The number of hydrogen-bond donors (Lipinski definition) is 3. The summed E-state index contributed by atoms with van der Waals surface area (Å²) in [7, 11) is 0. The number of carbonyl (C=O) groups excluding carboxylic acids is 1. The predicted molar refractivity (Wildman–Crippen MR) is 90.7 cm³/mol. The average molecular weight is 325 g/mol. The molecule has 126 valence electrons. The van der Waals surface area contributed by atoms with Crippen LogP contribution in [-0.2, 0) is 17.6 Å². The lowest BCUT2D eigenvalue weighted by atomic mass is 9.78. The average Bonchev–Trinajstić information content (AvgIpc) is 3.04. The molecule has 3 N–H and O–H groups in total. The van der Waals surface area contributed by atoms with Gasteiger partial charge in [0, 0.05) is 11.3 Å². The Labute approximate surface area is 141 Å². The molecular formula is C19H23N3O2. The minimum Gasteiger partial charge on any atom is -0.508 e. The van der Waals surface area contributed by atoms with Crippen LogP contribution in [0.4, 0.5) is 0 Å². The van der Waals surface area contributed by atoms with Crippen LogP contribution in [0.5, 0.6) is 5.75 Å². The fourth-order valence-corrected chi connectivity index (χ4v) is 4.28. The highest BCUT2D eigenvalue weighted by atomic mass is 16.3. The van der Waals surface area contributed by atoms with Gasteiger partial charge in [0.1, 0.15) is 5.75 Å². The molecule has 0 radical (unpaired) electrons. The van der Waals surface area contributed by atoms with Gasteiger partial charge in [-0.3, -0.25) is 9.89 Å². The predicted octanol–water partition coefficient (Wildman–Crippen LogP) is 2.98. The molecule has 1 aromatic carbocycles. The molecule has 1 aromatic heterocycles. The number of carbonyl (C=O) groups is 1. The molecule has 0 fully saturated rings. The Bertz CT molecular complexity index is 768. The van der Waals surface area contributed by atoms with Gasteiger partial charge in [-0.2, -0.15) is 5.10 Å². The smallest absolute Gasteiger partial charge is 0.228 e. The number of aromatic nitrogens is 2. The maximum atomic E-state index is 13.0. The summed E-state index contributed by atoms with van der Waals surface area (Å²) < 4.78 is 0. The van der Waals surface area contributed by atoms with Crippen molar-refractivity contribution in [3.63, 3.8) is 0 Å². The molecule has 4 rings (SSSR count). The van der Waals surface area contributed by atoms with E-state index >= 15 is 0 Å². The minimum absolute atomic E-state index is 0.0159. The van der Waals surface area contributed by atoms with Crippen LogP contribution in [0.3, 0.4) is 0 Å². The quantitative estimate of drug-likeness (QED) is 0.794. The van der Waals surface area contributed by atoms with Gasteiger partial charge in [0.15, 0.2) is 0 Å². The topological polar surface area (TPSA) is 78.0 Å². The molecule has 0 saturated carbocycles. The maximum Gasteiger partial charge on any atom is 0.228 e. The monoisotopic (exact) mass is 325 g/mol. The van der Waals surface area contributed by atoms with E-state index in [-0.39, 0.29) is 17.9 Å². The van der Waals surface area contributed by atoms with Crippen molar-refractivity contribution in [1.29, 1.82) is 0 Å². The summed E-state index contributed by atoms with van der Waals surface area (Å²) in [5, 5.41) is 20.5. The summed E-state index contributed by atoms with van der Waals surface area (Å²) in [4.78, 5) is 13.0. The van der Waals surface area contributed by atoms with E-state index in [1.165, 1.54) is 0 Å². The Morgan fingerprint density at radius 2 is 2.17 bits per heavy atom. The van der Waals surface area contributed by atoms with E-state index in [1.54, 1.807) is 12.3 Å². The van der Waals surface area contributed by atoms with Crippen molar-refractivity contribution in [2.45, 2.75) is 51.0 Å². The van der Waals surface area contributed by atoms with Gasteiger partial charge >= 0.3 is 0 Å². The molecule has 3 unspecified atom stereocenters. The van der Waals surface area contributed by atoms with Crippen molar-refractivity contribution in [2.75, 3.05) is 0 Å². The largest absolute Gasteiger partial charge is 0.508 e. The van der Waals surface area contributed by atoms with Gasteiger partial charge < -0.3 is 10.4 Å². The third-order valence-electron chi connectivity index (χ3n) is 5.59. The van der Waals surface area contributed by atoms with E-state index in [0.29, 0.717) is 11.7 Å². The molecule has 2 aliphatic carbocycles. The lowest BCUT2D eigenvalue weighted by Gasteiger charge is -2.32. The number of amides is 1. The van der Waals surface area contributed by atoms with E-state index < -0.39 is 0 Å². The summed E-state index contributed by atoms with van der Waals surface area (Å²) in [6.07, 6.45) is 6.53. The highest BCUT2D eigenvalue weighted by Crippen LogP contribution is 2.38. The summed E-state index contributed by atoms with van der Waals surface area (Å²) >= 11 is 0. The Balaban J connectivity index is 1.59. The summed E-state index contributed by atoms with van der Waals surface area (Å²) in [5.41, 5.74) is 4.17. The molecule has 2 aliphatic rings. The Morgan fingerprint density at radius 3 is 3.04 bits per heavy atom. The molecule has 0 bridgehead atoms. The van der Waals surface area contributed by atoms with Crippen LogP contribution in [0.1, 0.15) is 60.5 Å². The molecule has 0 aliphatic heterocycles. The van der Waals surface area contributed by atoms with Gasteiger partial charge in [0.25, 0.3) is 0 Å². The number of phenolic OH excluding ortho intramolecular Hbond substituents is 1. The second-order valence-electron chi connectivity index (χ2n) is 7.10. The number of aryl methyl sites for hydroxylation is 1. The lowest BCUT2D eigenvalue weighted by molar-refractivity contribution is -0.124. The third kappa shape index (κ3) is 2.48. The molecule has 1 amide bonds. The number of phenols is 1. The fourth-order valence-electron chi connectivity index (χ4n) is 4.28. The van der Waals surface area contributed by atoms with Gasteiger partial charge in [0.05, 0.1) is 18.2 Å². The number of aromatic hydroxyl groups is 1. The maximum absolute atomic E-state index is 13.0. The molecule has 0 spiro atoms. The van der Waals surface area contributed by atoms with Crippen LogP contribution in [0.2, 0.25) is 0 Å². The first-order chi connectivity index (χ1) is 11.6. The number of hydrogen-bond acceptors (Lipinski definition) is 3. The lowest BCUT2D eigenvalue weighted by Crippen LogP contribution is -2.38. The van der Waals surface area contributed by atoms with Gasteiger partial charge in [0.2, 0.25) is 5.91 Å². The zero-order chi connectivity index (χ0) is 16.7. The molecule has 3 atom stereocenters. The molecule has 1 heterocycles. The standard InChI is InChI=1S/C19H23N3O2/c1-11-8-9-16-14(10-20-22-16)18(11)19(24)21-15-6-2-5-13-12(15)4-3-7-17(13)23/h3-4,7,10-11,15,18,23H,2,5-6,8-9H2,1H3,(H,20,22)(H,21,24). The number of aromatic amines is 1. The molecule has 24 heavy (non-hydrogen) atoms. The molecule has 5 nitrogen and oxygen atoms in total. The molecular weight excluding hydrogens is 302 g/mol. The Hall–Kier alpha value is -2.30. The number of H-pyrrole nitrogens is 1. The van der Waals surface area contributed by atoms with Crippen molar-refractivity contribution in [2.24, 2.45) is 5.92 Å². The second-order valence-corrected chi connectivity index (χ2v) is 7.10. The van der Waals surface area contributed by atoms with Crippen LogP contribution in [0, 0.1) is 5.92 Å². The van der Waals surface area contributed by atoms with Crippen LogP contribution >= 0.6 is 0 Å². The Kier molecular flexibility index (Phi) is 3.79. The highest BCUT2D eigenvalue weighted by molar-refractivity contribution is 5.85. The highest BCUT2D eigenvalue weighted by Gasteiger charge is 2.35. The van der Waals surface area contributed by atoms with Crippen molar-refractivity contribution >= 4 is 5.91 Å². The van der Waals surface area contributed by atoms with Gasteiger partial charge in [-0.25, -0.2) is 0 Å². The normalized spacial score (nSPS) is 25.6. The fraction of sp³-hybridized carbons (Fsp3) is 0.474. The third-order valence-corrected chi connectivity index (χ3v) is 5.59. The number of fused-ring (bicyclic) bond motifs is 2. The SMILES string of the molecule is CC1CCc2[nH]ncc2C1C(=O)NC1CCCc2c(O)cccc21. The molecule has 5 heteroatoms. The second kappa shape index (κ2) is 5.96. The summed E-state index contributed by atoms with van der Waals surface area (Å²) in [5.74, 6) is 0.582. The minimum atomic E-state index is -0.143. The summed E-state index contributed by atoms with van der Waals surface area (Å²) in [6.45, 7) is 2.14. The van der Waals surface area contributed by atoms with E-state index in [9.17, 15) is 9.90 Å². The summed E-state index contributed by atoms with van der Waals surface area (Å²) in [6, 6.07) is 5.59. The van der Waals surface area contributed by atoms with Crippen molar-refractivity contribution < 1.29 is 9.90 Å². The van der Waals surface area contributed by atoms with E-state index in [0.717, 1.165) is 54.5 Å².